The second-order valence-electron chi connectivity index (χ2n) is 7.11. The topological polar surface area (TPSA) is 61.4 Å². The molecule has 0 spiro atoms. The Hall–Kier alpha value is -2.18. The molecule has 0 unspecified atom stereocenters. The van der Waals surface area contributed by atoms with Gasteiger partial charge in [0.1, 0.15) is 0 Å². The van der Waals surface area contributed by atoms with Gasteiger partial charge in [-0.2, -0.15) is 0 Å². The molecule has 2 aromatic rings. The SMILES string of the molecule is CC(=O)Nc1ccccc1-c1ccc(C(=O)N[C@H]2CN3CCC2CC3)s1. The molecule has 2 amide bonds. The van der Waals surface area contributed by atoms with Crippen LogP contribution in [0.2, 0.25) is 0 Å². The first-order valence-electron chi connectivity index (χ1n) is 9.10. The van der Waals surface area contributed by atoms with Crippen LogP contribution in [0.1, 0.15) is 29.4 Å². The maximum Gasteiger partial charge on any atom is 0.261 e. The lowest BCUT2D eigenvalue weighted by molar-refractivity contribution is -0.114. The van der Waals surface area contributed by atoms with Gasteiger partial charge in [0.15, 0.2) is 0 Å². The van der Waals surface area contributed by atoms with Gasteiger partial charge in [0.05, 0.1) is 4.88 Å². The molecule has 136 valence electrons. The molecule has 2 N–H and O–H groups in total. The molecule has 0 aliphatic carbocycles. The molecule has 1 aromatic carbocycles. The van der Waals surface area contributed by atoms with E-state index in [1.807, 2.05) is 36.4 Å². The number of carbonyl (C=O) groups excluding carboxylic acids is 2. The van der Waals surface area contributed by atoms with Gasteiger partial charge >= 0.3 is 0 Å². The Morgan fingerprint density at radius 2 is 1.88 bits per heavy atom. The minimum atomic E-state index is -0.102. The fourth-order valence-corrected chi connectivity index (χ4v) is 4.92. The molecule has 5 nitrogen and oxygen atoms in total. The number of hydrogen-bond donors (Lipinski definition) is 2. The van der Waals surface area contributed by atoms with E-state index in [2.05, 4.69) is 15.5 Å². The second-order valence-corrected chi connectivity index (χ2v) is 8.19. The first kappa shape index (κ1) is 17.2. The average molecular weight is 369 g/mol. The molecule has 2 bridgehead atoms. The summed E-state index contributed by atoms with van der Waals surface area (Å²) in [6.07, 6.45) is 2.37. The normalized spacial score (nSPS) is 24.3. The zero-order chi connectivity index (χ0) is 18.1. The fraction of sp³-hybridized carbons (Fsp3) is 0.400. The summed E-state index contributed by atoms with van der Waals surface area (Å²) in [7, 11) is 0. The van der Waals surface area contributed by atoms with Crippen molar-refractivity contribution in [3.8, 4) is 10.4 Å². The van der Waals surface area contributed by atoms with Gasteiger partial charge in [-0.1, -0.05) is 18.2 Å². The summed E-state index contributed by atoms with van der Waals surface area (Å²) in [6.45, 7) is 4.80. The molecule has 1 aromatic heterocycles. The van der Waals surface area contributed by atoms with Crippen LogP contribution in [0.15, 0.2) is 36.4 Å². The lowest BCUT2D eigenvalue weighted by atomic mass is 9.84. The monoisotopic (exact) mass is 369 g/mol. The number of rotatable bonds is 4. The molecule has 3 saturated heterocycles. The predicted octanol–water partition coefficient (Wildman–Crippen LogP) is 3.20. The summed E-state index contributed by atoms with van der Waals surface area (Å²) in [5.41, 5.74) is 1.71. The van der Waals surface area contributed by atoms with Crippen molar-refractivity contribution >= 4 is 28.8 Å². The van der Waals surface area contributed by atoms with E-state index < -0.39 is 0 Å². The zero-order valence-electron chi connectivity index (χ0n) is 14.8. The molecule has 3 aliphatic heterocycles. The van der Waals surface area contributed by atoms with Crippen LogP contribution in [0.4, 0.5) is 5.69 Å². The summed E-state index contributed by atoms with van der Waals surface area (Å²) < 4.78 is 0. The standard InChI is InChI=1S/C20H23N3O2S/c1-13(24)21-16-5-3-2-4-15(16)18-6-7-19(26-18)20(25)22-17-12-23-10-8-14(17)9-11-23/h2-7,14,17H,8-12H2,1H3,(H,21,24)(H,22,25)/t17-/m0/s1. The second kappa shape index (κ2) is 7.21. The van der Waals surface area contributed by atoms with E-state index >= 15 is 0 Å². The molecule has 6 heteroatoms. The molecule has 3 aliphatic rings. The number of fused-ring (bicyclic) bond motifs is 3. The van der Waals surface area contributed by atoms with E-state index in [9.17, 15) is 9.59 Å². The van der Waals surface area contributed by atoms with Gasteiger partial charge in [-0.25, -0.2) is 0 Å². The van der Waals surface area contributed by atoms with Gasteiger partial charge in [-0.3, -0.25) is 9.59 Å². The summed E-state index contributed by atoms with van der Waals surface area (Å²) in [6, 6.07) is 11.8. The largest absolute Gasteiger partial charge is 0.347 e. The van der Waals surface area contributed by atoms with E-state index in [-0.39, 0.29) is 17.9 Å². The number of benzene rings is 1. The van der Waals surface area contributed by atoms with Crippen LogP contribution in [0.5, 0.6) is 0 Å². The average Bonchev–Trinajstić information content (AvgIpc) is 3.13. The lowest BCUT2D eigenvalue weighted by Crippen LogP contribution is -2.57. The third-order valence-corrected chi connectivity index (χ3v) is 6.42. The zero-order valence-corrected chi connectivity index (χ0v) is 15.6. The molecule has 26 heavy (non-hydrogen) atoms. The van der Waals surface area contributed by atoms with Crippen LogP contribution in [0.3, 0.4) is 0 Å². The summed E-state index contributed by atoms with van der Waals surface area (Å²) in [5.74, 6) is 0.523. The summed E-state index contributed by atoms with van der Waals surface area (Å²) >= 11 is 1.47. The van der Waals surface area contributed by atoms with Gasteiger partial charge in [0.25, 0.3) is 5.91 Å². The number of nitrogens with one attached hydrogen (secondary N) is 2. The Morgan fingerprint density at radius 1 is 1.12 bits per heavy atom. The van der Waals surface area contributed by atoms with E-state index in [4.69, 9.17) is 0 Å². The molecule has 4 heterocycles. The number of anilines is 1. The molecule has 1 atom stereocenters. The van der Waals surface area contributed by atoms with Crippen molar-refractivity contribution in [2.24, 2.45) is 5.92 Å². The van der Waals surface area contributed by atoms with Crippen LogP contribution in [0.25, 0.3) is 10.4 Å². The van der Waals surface area contributed by atoms with Crippen LogP contribution < -0.4 is 10.6 Å². The molecular weight excluding hydrogens is 346 g/mol. The van der Waals surface area contributed by atoms with Gasteiger partial charge in [0, 0.05) is 35.6 Å². The first-order valence-corrected chi connectivity index (χ1v) is 9.92. The van der Waals surface area contributed by atoms with Crippen molar-refractivity contribution in [1.29, 1.82) is 0 Å². The molecule has 3 fully saturated rings. The highest BCUT2D eigenvalue weighted by Crippen LogP contribution is 2.34. The first-order chi connectivity index (χ1) is 12.6. The smallest absolute Gasteiger partial charge is 0.261 e. The molecule has 0 saturated carbocycles. The number of carbonyl (C=O) groups is 2. The minimum absolute atomic E-state index is 0.0111. The van der Waals surface area contributed by atoms with E-state index in [0.717, 1.165) is 22.7 Å². The summed E-state index contributed by atoms with van der Waals surface area (Å²) in [5, 5.41) is 6.09. The molecule has 0 radical (unpaired) electrons. The number of nitrogens with zero attached hydrogens (tertiary/aromatic N) is 1. The van der Waals surface area contributed by atoms with Gasteiger partial charge < -0.3 is 15.5 Å². The molecular formula is C20H23N3O2S. The Bertz CT molecular complexity index is 824. The van der Waals surface area contributed by atoms with E-state index in [0.29, 0.717) is 10.8 Å². The molecule has 5 rings (SSSR count). The Labute approximate surface area is 157 Å². The van der Waals surface area contributed by atoms with E-state index in [1.54, 1.807) is 0 Å². The quantitative estimate of drug-likeness (QED) is 0.870. The number of piperidine rings is 3. The highest BCUT2D eigenvalue weighted by molar-refractivity contribution is 7.17. The van der Waals surface area contributed by atoms with Crippen LogP contribution >= 0.6 is 11.3 Å². The van der Waals surface area contributed by atoms with Gasteiger partial charge in [-0.05, 0) is 50.0 Å². The van der Waals surface area contributed by atoms with Crippen LogP contribution in [-0.2, 0) is 4.79 Å². The Balaban J connectivity index is 1.50. The van der Waals surface area contributed by atoms with Crippen molar-refractivity contribution in [3.05, 3.63) is 41.3 Å². The number of hydrogen-bond acceptors (Lipinski definition) is 4. The van der Waals surface area contributed by atoms with Crippen LogP contribution in [0, 0.1) is 5.92 Å². The number of thiophene rings is 1. The number of amides is 2. The van der Waals surface area contributed by atoms with Crippen molar-refractivity contribution in [2.45, 2.75) is 25.8 Å². The lowest BCUT2D eigenvalue weighted by Gasteiger charge is -2.44. The highest BCUT2D eigenvalue weighted by Gasteiger charge is 2.35. The highest BCUT2D eigenvalue weighted by atomic mass is 32.1. The Morgan fingerprint density at radius 3 is 2.58 bits per heavy atom. The van der Waals surface area contributed by atoms with Gasteiger partial charge in [0.2, 0.25) is 5.91 Å². The summed E-state index contributed by atoms with van der Waals surface area (Å²) in [4.78, 5) is 28.3. The minimum Gasteiger partial charge on any atom is -0.347 e. The predicted molar refractivity (Wildman–Crippen MR) is 104 cm³/mol. The Kier molecular flexibility index (Phi) is 4.78. The van der Waals surface area contributed by atoms with Crippen LogP contribution in [-0.4, -0.2) is 42.4 Å². The van der Waals surface area contributed by atoms with Crippen molar-refractivity contribution < 1.29 is 9.59 Å². The number of para-hydroxylation sites is 1. The third kappa shape index (κ3) is 3.52. The van der Waals surface area contributed by atoms with Gasteiger partial charge in [-0.15, -0.1) is 11.3 Å². The van der Waals surface area contributed by atoms with E-state index in [1.165, 1.54) is 44.2 Å². The third-order valence-electron chi connectivity index (χ3n) is 5.31. The fourth-order valence-electron chi connectivity index (χ4n) is 3.97. The van der Waals surface area contributed by atoms with Crippen molar-refractivity contribution in [2.75, 3.05) is 25.0 Å². The maximum absolute atomic E-state index is 12.7. The van der Waals surface area contributed by atoms with Crippen molar-refractivity contribution in [1.82, 2.24) is 10.2 Å². The maximum atomic E-state index is 12.7. The van der Waals surface area contributed by atoms with Crippen molar-refractivity contribution in [3.63, 3.8) is 0 Å².